The van der Waals surface area contributed by atoms with E-state index in [0.717, 1.165) is 38.3 Å². The number of aromatic hydroxyl groups is 1. The summed E-state index contributed by atoms with van der Waals surface area (Å²) >= 11 is 0. The van der Waals surface area contributed by atoms with E-state index in [2.05, 4.69) is 20.2 Å². The van der Waals surface area contributed by atoms with Gasteiger partial charge in [-0.05, 0) is 30.3 Å². The van der Waals surface area contributed by atoms with Crippen molar-refractivity contribution in [1.29, 1.82) is 0 Å². The monoisotopic (exact) mass is 370 g/mol. The number of halogens is 2. The number of ketones is 1. The summed E-state index contributed by atoms with van der Waals surface area (Å²) < 4.78 is 28.0. The molecule has 6 nitrogen and oxygen atoms in total. The van der Waals surface area contributed by atoms with E-state index in [0.29, 0.717) is 16.9 Å². The van der Waals surface area contributed by atoms with E-state index in [4.69, 9.17) is 0 Å². The summed E-state index contributed by atoms with van der Waals surface area (Å²) in [5.41, 5.74) is 0.304. The van der Waals surface area contributed by atoms with Crippen molar-refractivity contribution in [3.63, 3.8) is 0 Å². The highest BCUT2D eigenvalue weighted by atomic mass is 19.1. The van der Waals surface area contributed by atoms with E-state index < -0.39 is 28.7 Å². The molecule has 4 rings (SSSR count). The third-order valence-electron chi connectivity index (χ3n) is 4.53. The quantitative estimate of drug-likeness (QED) is 0.689. The molecular weight excluding hydrogens is 354 g/mol. The van der Waals surface area contributed by atoms with Gasteiger partial charge in [-0.3, -0.25) is 9.78 Å². The van der Waals surface area contributed by atoms with Crippen molar-refractivity contribution in [2.45, 2.75) is 0 Å². The van der Waals surface area contributed by atoms with Crippen LogP contribution in [-0.4, -0.2) is 47.0 Å². The van der Waals surface area contributed by atoms with Crippen LogP contribution in [0.2, 0.25) is 0 Å². The molecule has 2 heterocycles. The summed E-state index contributed by atoms with van der Waals surface area (Å²) in [6, 6.07) is 6.20. The second kappa shape index (κ2) is 6.88. The van der Waals surface area contributed by atoms with Crippen LogP contribution in [0, 0.1) is 11.6 Å². The second-order valence-corrected chi connectivity index (χ2v) is 6.25. The van der Waals surface area contributed by atoms with Crippen LogP contribution in [0.3, 0.4) is 0 Å². The van der Waals surface area contributed by atoms with Crippen molar-refractivity contribution in [3.05, 3.63) is 59.3 Å². The van der Waals surface area contributed by atoms with Gasteiger partial charge >= 0.3 is 0 Å². The van der Waals surface area contributed by atoms with Crippen LogP contribution in [0.5, 0.6) is 5.75 Å². The van der Waals surface area contributed by atoms with Crippen molar-refractivity contribution >= 4 is 22.6 Å². The Labute approximate surface area is 153 Å². The lowest BCUT2D eigenvalue weighted by molar-refractivity contribution is 0.103. The minimum absolute atomic E-state index is 0.0673. The zero-order chi connectivity index (χ0) is 19.0. The Kier molecular flexibility index (Phi) is 4.41. The summed E-state index contributed by atoms with van der Waals surface area (Å²) in [5.74, 6) is -3.27. The van der Waals surface area contributed by atoms with E-state index in [9.17, 15) is 18.7 Å². The number of phenolic OH excluding ortho intramolecular Hbond substituents is 1. The Morgan fingerprint density at radius 1 is 1.11 bits per heavy atom. The lowest BCUT2D eigenvalue weighted by Gasteiger charge is -2.28. The van der Waals surface area contributed by atoms with Gasteiger partial charge in [0.15, 0.2) is 17.3 Å². The largest absolute Gasteiger partial charge is 0.505 e. The molecule has 0 spiro atoms. The molecule has 0 atom stereocenters. The van der Waals surface area contributed by atoms with Crippen LogP contribution in [0.1, 0.15) is 15.9 Å². The molecule has 0 unspecified atom stereocenters. The number of hydrogen-bond acceptors (Lipinski definition) is 6. The van der Waals surface area contributed by atoms with E-state index in [1.54, 1.807) is 12.3 Å². The topological polar surface area (TPSA) is 78.4 Å². The first-order valence-corrected chi connectivity index (χ1v) is 8.49. The Balaban J connectivity index is 1.74. The standard InChI is InChI=1S/C19H16F2N4O2/c20-12-2-4-15(26)18(21)17(12)19(27)11-1-3-13-14(9-11)24-16(10-23-13)25-7-5-22-6-8-25/h1-4,9-10,22,26H,5-8H2. The van der Waals surface area contributed by atoms with Crippen LogP contribution >= 0.6 is 0 Å². The molecule has 8 heteroatoms. The second-order valence-electron chi connectivity index (χ2n) is 6.25. The molecule has 2 aromatic carbocycles. The zero-order valence-electron chi connectivity index (χ0n) is 14.2. The van der Waals surface area contributed by atoms with Gasteiger partial charge < -0.3 is 15.3 Å². The van der Waals surface area contributed by atoms with Crippen LogP contribution < -0.4 is 10.2 Å². The molecule has 0 amide bonds. The summed E-state index contributed by atoms with van der Waals surface area (Å²) in [6.45, 7) is 3.26. The first-order chi connectivity index (χ1) is 13.0. The Bertz CT molecular complexity index is 1040. The SMILES string of the molecule is O=C(c1ccc2ncc(N3CCNCC3)nc2c1)c1c(F)ccc(O)c1F. The number of rotatable bonds is 3. The number of carbonyl (C=O) groups excluding carboxylic acids is 1. The van der Waals surface area contributed by atoms with E-state index >= 15 is 0 Å². The molecule has 1 aromatic heterocycles. The number of piperazine rings is 1. The number of aromatic nitrogens is 2. The predicted octanol–water partition coefficient (Wildman–Crippen LogP) is 2.25. The fourth-order valence-electron chi connectivity index (χ4n) is 3.08. The van der Waals surface area contributed by atoms with Gasteiger partial charge in [-0.15, -0.1) is 0 Å². The van der Waals surface area contributed by atoms with Gasteiger partial charge in [0.05, 0.1) is 22.8 Å². The smallest absolute Gasteiger partial charge is 0.199 e. The van der Waals surface area contributed by atoms with Crippen molar-refractivity contribution < 1.29 is 18.7 Å². The molecule has 1 aliphatic rings. The van der Waals surface area contributed by atoms with Gasteiger partial charge in [0.1, 0.15) is 11.6 Å². The average Bonchev–Trinajstić information content (AvgIpc) is 2.71. The minimum Gasteiger partial charge on any atom is -0.505 e. The van der Waals surface area contributed by atoms with Crippen molar-refractivity contribution in [3.8, 4) is 5.75 Å². The normalized spacial score (nSPS) is 14.5. The third kappa shape index (κ3) is 3.19. The minimum atomic E-state index is -1.28. The van der Waals surface area contributed by atoms with E-state index in [-0.39, 0.29) is 5.56 Å². The fraction of sp³-hybridized carbons (Fsp3) is 0.211. The number of phenols is 1. The molecule has 3 aromatic rings. The average molecular weight is 370 g/mol. The lowest BCUT2D eigenvalue weighted by atomic mass is 10.0. The van der Waals surface area contributed by atoms with Crippen molar-refractivity contribution in [2.75, 3.05) is 31.1 Å². The molecular formula is C19H16F2N4O2. The van der Waals surface area contributed by atoms with Crippen LogP contribution in [0.15, 0.2) is 36.5 Å². The van der Waals surface area contributed by atoms with Crippen molar-refractivity contribution in [1.82, 2.24) is 15.3 Å². The Morgan fingerprint density at radius 2 is 1.89 bits per heavy atom. The number of fused-ring (bicyclic) bond motifs is 1. The van der Waals surface area contributed by atoms with Gasteiger partial charge in [-0.25, -0.2) is 13.8 Å². The first kappa shape index (κ1) is 17.3. The molecule has 0 aliphatic carbocycles. The Morgan fingerprint density at radius 3 is 2.67 bits per heavy atom. The molecule has 1 saturated heterocycles. The summed E-state index contributed by atoms with van der Waals surface area (Å²) in [5, 5.41) is 12.7. The van der Waals surface area contributed by atoms with Gasteiger partial charge in [0.2, 0.25) is 0 Å². The van der Waals surface area contributed by atoms with Gasteiger partial charge in [-0.1, -0.05) is 0 Å². The number of benzene rings is 2. The number of carbonyl (C=O) groups is 1. The summed E-state index contributed by atoms with van der Waals surface area (Å²) in [6.07, 6.45) is 1.67. The Hall–Kier alpha value is -3.13. The van der Waals surface area contributed by atoms with Crippen LogP contribution in [0.25, 0.3) is 11.0 Å². The maximum absolute atomic E-state index is 14.1. The highest BCUT2D eigenvalue weighted by Crippen LogP contribution is 2.25. The highest BCUT2D eigenvalue weighted by Gasteiger charge is 2.22. The summed E-state index contributed by atoms with van der Waals surface area (Å²) in [4.78, 5) is 23.6. The van der Waals surface area contributed by atoms with Gasteiger partial charge in [0, 0.05) is 31.7 Å². The molecule has 2 N–H and O–H groups in total. The molecule has 138 valence electrons. The van der Waals surface area contributed by atoms with Gasteiger partial charge in [0.25, 0.3) is 0 Å². The first-order valence-electron chi connectivity index (χ1n) is 8.49. The zero-order valence-corrected chi connectivity index (χ0v) is 14.2. The molecule has 1 fully saturated rings. The van der Waals surface area contributed by atoms with Crippen LogP contribution in [0.4, 0.5) is 14.6 Å². The molecule has 0 bridgehead atoms. The number of hydrogen-bond donors (Lipinski definition) is 2. The van der Waals surface area contributed by atoms with E-state index in [1.807, 2.05) is 0 Å². The molecule has 1 aliphatic heterocycles. The number of anilines is 1. The highest BCUT2D eigenvalue weighted by molar-refractivity contribution is 6.10. The van der Waals surface area contributed by atoms with E-state index in [1.165, 1.54) is 12.1 Å². The summed E-state index contributed by atoms with van der Waals surface area (Å²) in [7, 11) is 0. The maximum Gasteiger partial charge on any atom is 0.199 e. The third-order valence-corrected chi connectivity index (χ3v) is 4.53. The fourth-order valence-corrected chi connectivity index (χ4v) is 3.08. The van der Waals surface area contributed by atoms with Gasteiger partial charge in [-0.2, -0.15) is 0 Å². The van der Waals surface area contributed by atoms with Crippen LogP contribution in [-0.2, 0) is 0 Å². The number of nitrogens with one attached hydrogen (secondary N) is 1. The predicted molar refractivity (Wildman–Crippen MR) is 96.1 cm³/mol. The maximum atomic E-state index is 14.1. The number of nitrogens with zero attached hydrogens (tertiary/aromatic N) is 3. The molecule has 0 radical (unpaired) electrons. The molecule has 27 heavy (non-hydrogen) atoms. The van der Waals surface area contributed by atoms with Crippen molar-refractivity contribution in [2.24, 2.45) is 0 Å². The lowest BCUT2D eigenvalue weighted by Crippen LogP contribution is -2.43. The molecule has 0 saturated carbocycles.